The monoisotopic (exact) mass is 221 g/mol. The second-order valence-electron chi connectivity index (χ2n) is 3.15. The number of hydrogen-bond acceptors (Lipinski definition) is 2. The standard InChI is InChI=1S/C11H15N3S/c1-2-6-10(13-14-11(12)15)9-7-4-3-5-8-9/h3-5,7-8H,2,6H2,1H3,(H3,12,14,15). The highest BCUT2D eigenvalue weighted by Crippen LogP contribution is 2.05. The lowest BCUT2D eigenvalue weighted by Crippen LogP contribution is -2.25. The molecule has 0 saturated heterocycles. The highest BCUT2D eigenvalue weighted by atomic mass is 32.1. The van der Waals surface area contributed by atoms with E-state index in [2.05, 4.69) is 17.5 Å². The molecule has 0 aromatic heterocycles. The predicted octanol–water partition coefficient (Wildman–Crippen LogP) is 2.02. The minimum atomic E-state index is 0.194. The first-order valence-electron chi connectivity index (χ1n) is 4.91. The molecule has 1 aromatic carbocycles. The maximum Gasteiger partial charge on any atom is 0.184 e. The summed E-state index contributed by atoms with van der Waals surface area (Å²) in [5.74, 6) is 0. The van der Waals surface area contributed by atoms with Crippen LogP contribution in [0.25, 0.3) is 0 Å². The fourth-order valence-electron chi connectivity index (χ4n) is 1.25. The molecule has 0 saturated carbocycles. The molecule has 15 heavy (non-hydrogen) atoms. The third kappa shape index (κ3) is 4.08. The Morgan fingerprint density at radius 2 is 2.07 bits per heavy atom. The summed E-state index contributed by atoms with van der Waals surface area (Å²) >= 11 is 4.71. The van der Waals surface area contributed by atoms with Gasteiger partial charge in [0.05, 0.1) is 5.71 Å². The largest absolute Gasteiger partial charge is 0.375 e. The Morgan fingerprint density at radius 3 is 2.60 bits per heavy atom. The van der Waals surface area contributed by atoms with Crippen LogP contribution in [-0.2, 0) is 0 Å². The molecule has 0 unspecified atom stereocenters. The predicted molar refractivity (Wildman–Crippen MR) is 67.8 cm³/mol. The van der Waals surface area contributed by atoms with E-state index in [-0.39, 0.29) is 5.11 Å². The fraction of sp³-hybridized carbons (Fsp3) is 0.273. The van der Waals surface area contributed by atoms with Crippen LogP contribution < -0.4 is 11.2 Å². The van der Waals surface area contributed by atoms with Gasteiger partial charge in [-0.1, -0.05) is 43.7 Å². The van der Waals surface area contributed by atoms with Crippen molar-refractivity contribution in [3.8, 4) is 0 Å². The number of rotatable bonds is 4. The SMILES string of the molecule is CCCC(=NNC(N)=S)c1ccccc1. The van der Waals surface area contributed by atoms with Crippen molar-refractivity contribution in [1.29, 1.82) is 0 Å². The average molecular weight is 221 g/mol. The van der Waals surface area contributed by atoms with Gasteiger partial charge in [0, 0.05) is 0 Å². The summed E-state index contributed by atoms with van der Waals surface area (Å²) in [4.78, 5) is 0. The molecule has 3 N–H and O–H groups in total. The normalized spacial score (nSPS) is 11.1. The third-order valence-electron chi connectivity index (χ3n) is 1.89. The van der Waals surface area contributed by atoms with Crippen LogP contribution in [0.5, 0.6) is 0 Å². The van der Waals surface area contributed by atoms with Gasteiger partial charge in [-0.2, -0.15) is 5.10 Å². The summed E-state index contributed by atoms with van der Waals surface area (Å²) in [7, 11) is 0. The summed E-state index contributed by atoms with van der Waals surface area (Å²) in [6.45, 7) is 2.11. The van der Waals surface area contributed by atoms with Crippen LogP contribution in [0.1, 0.15) is 25.3 Å². The first kappa shape index (κ1) is 11.7. The van der Waals surface area contributed by atoms with E-state index in [1.54, 1.807) is 0 Å². The number of nitrogens with zero attached hydrogens (tertiary/aromatic N) is 1. The number of thiocarbonyl (C=S) groups is 1. The molecule has 0 aliphatic heterocycles. The van der Waals surface area contributed by atoms with Gasteiger partial charge in [-0.25, -0.2) is 0 Å². The Bertz CT molecular complexity index is 346. The van der Waals surface area contributed by atoms with Crippen molar-refractivity contribution >= 4 is 23.0 Å². The lowest BCUT2D eigenvalue weighted by atomic mass is 10.1. The molecule has 4 heteroatoms. The van der Waals surface area contributed by atoms with Gasteiger partial charge < -0.3 is 5.73 Å². The molecule has 1 rings (SSSR count). The summed E-state index contributed by atoms with van der Waals surface area (Å²) < 4.78 is 0. The number of nitrogens with two attached hydrogens (primary N) is 1. The Kier molecular flexibility index (Phi) is 4.77. The third-order valence-corrected chi connectivity index (χ3v) is 1.99. The molecule has 0 spiro atoms. The maximum absolute atomic E-state index is 5.33. The lowest BCUT2D eigenvalue weighted by Gasteiger charge is -2.05. The van der Waals surface area contributed by atoms with E-state index in [0.717, 1.165) is 24.1 Å². The first-order chi connectivity index (χ1) is 7.24. The van der Waals surface area contributed by atoms with E-state index < -0.39 is 0 Å². The van der Waals surface area contributed by atoms with E-state index in [9.17, 15) is 0 Å². The van der Waals surface area contributed by atoms with Gasteiger partial charge in [-0.15, -0.1) is 0 Å². The number of nitrogens with one attached hydrogen (secondary N) is 1. The molecule has 0 fully saturated rings. The second kappa shape index (κ2) is 6.14. The van der Waals surface area contributed by atoms with Crippen molar-refractivity contribution in [1.82, 2.24) is 5.43 Å². The Morgan fingerprint density at radius 1 is 1.40 bits per heavy atom. The summed E-state index contributed by atoms with van der Waals surface area (Å²) in [5, 5.41) is 4.38. The zero-order chi connectivity index (χ0) is 11.1. The fourth-order valence-corrected chi connectivity index (χ4v) is 1.30. The molecule has 80 valence electrons. The highest BCUT2D eigenvalue weighted by Gasteiger charge is 2.01. The van der Waals surface area contributed by atoms with Crippen LogP contribution in [0.4, 0.5) is 0 Å². The van der Waals surface area contributed by atoms with Gasteiger partial charge in [0.15, 0.2) is 5.11 Å². The first-order valence-corrected chi connectivity index (χ1v) is 5.32. The van der Waals surface area contributed by atoms with Gasteiger partial charge in [0.2, 0.25) is 0 Å². The number of benzene rings is 1. The molecule has 0 radical (unpaired) electrons. The quantitative estimate of drug-likeness (QED) is 0.464. The van der Waals surface area contributed by atoms with Gasteiger partial charge in [0.25, 0.3) is 0 Å². The molecule has 0 aliphatic carbocycles. The highest BCUT2D eigenvalue weighted by molar-refractivity contribution is 7.80. The van der Waals surface area contributed by atoms with E-state index in [4.69, 9.17) is 18.0 Å². The maximum atomic E-state index is 5.33. The van der Waals surface area contributed by atoms with Gasteiger partial charge in [-0.3, -0.25) is 5.43 Å². The number of hydrazone groups is 1. The zero-order valence-corrected chi connectivity index (χ0v) is 9.55. The van der Waals surface area contributed by atoms with Crippen molar-refractivity contribution in [2.24, 2.45) is 10.8 Å². The molecule has 1 aromatic rings. The molecule has 0 aliphatic rings. The molecular formula is C11H15N3S. The Balaban J connectivity index is 2.83. The molecule has 0 atom stereocenters. The lowest BCUT2D eigenvalue weighted by molar-refractivity contribution is 0.951. The van der Waals surface area contributed by atoms with Crippen molar-refractivity contribution in [3.05, 3.63) is 35.9 Å². The van der Waals surface area contributed by atoms with Crippen LogP contribution in [-0.4, -0.2) is 10.8 Å². The van der Waals surface area contributed by atoms with Crippen molar-refractivity contribution in [3.63, 3.8) is 0 Å². The minimum Gasteiger partial charge on any atom is -0.375 e. The summed E-state index contributed by atoms with van der Waals surface area (Å²) in [5.41, 5.74) is 10.0. The molecule has 0 bridgehead atoms. The minimum absolute atomic E-state index is 0.194. The molecule has 0 heterocycles. The zero-order valence-electron chi connectivity index (χ0n) is 8.73. The van der Waals surface area contributed by atoms with E-state index in [1.165, 1.54) is 0 Å². The molecular weight excluding hydrogens is 206 g/mol. The van der Waals surface area contributed by atoms with Crippen molar-refractivity contribution < 1.29 is 0 Å². The van der Waals surface area contributed by atoms with Crippen LogP contribution in [0.15, 0.2) is 35.4 Å². The van der Waals surface area contributed by atoms with Crippen molar-refractivity contribution in [2.75, 3.05) is 0 Å². The van der Waals surface area contributed by atoms with Crippen molar-refractivity contribution in [2.45, 2.75) is 19.8 Å². The summed E-state index contributed by atoms with van der Waals surface area (Å²) in [6, 6.07) is 10.0. The van der Waals surface area contributed by atoms with Crippen LogP contribution in [0.3, 0.4) is 0 Å². The van der Waals surface area contributed by atoms with Gasteiger partial charge >= 0.3 is 0 Å². The van der Waals surface area contributed by atoms with E-state index in [0.29, 0.717) is 0 Å². The summed E-state index contributed by atoms with van der Waals surface area (Å²) in [6.07, 6.45) is 1.94. The van der Waals surface area contributed by atoms with Gasteiger partial charge in [-0.05, 0) is 24.2 Å². The molecule has 3 nitrogen and oxygen atoms in total. The average Bonchev–Trinajstić information content (AvgIpc) is 2.25. The van der Waals surface area contributed by atoms with Crippen LogP contribution in [0.2, 0.25) is 0 Å². The second-order valence-corrected chi connectivity index (χ2v) is 3.59. The molecule has 0 amide bonds. The van der Waals surface area contributed by atoms with Crippen LogP contribution >= 0.6 is 12.2 Å². The van der Waals surface area contributed by atoms with Crippen LogP contribution in [0, 0.1) is 0 Å². The van der Waals surface area contributed by atoms with E-state index >= 15 is 0 Å². The van der Waals surface area contributed by atoms with Gasteiger partial charge in [0.1, 0.15) is 0 Å². The van der Waals surface area contributed by atoms with E-state index in [1.807, 2.05) is 30.3 Å². The topological polar surface area (TPSA) is 50.4 Å². The smallest absolute Gasteiger partial charge is 0.184 e. The number of hydrogen-bond donors (Lipinski definition) is 2. The Hall–Kier alpha value is -1.42. The Labute approximate surface area is 95.4 Å².